The number of aromatic nitrogens is 3. The number of alkyl halides is 2. The summed E-state index contributed by atoms with van der Waals surface area (Å²) < 4.78 is 29.9. The zero-order chi connectivity index (χ0) is 22.5. The molecule has 1 atom stereocenters. The summed E-state index contributed by atoms with van der Waals surface area (Å²) in [5, 5.41) is 5.48. The van der Waals surface area contributed by atoms with Gasteiger partial charge < -0.3 is 10.1 Å². The van der Waals surface area contributed by atoms with Crippen LogP contribution in [0.4, 0.5) is 14.7 Å². The minimum Gasteiger partial charge on any atom is -0.471 e. The largest absolute Gasteiger partial charge is 0.471 e. The van der Waals surface area contributed by atoms with Crippen molar-refractivity contribution in [2.75, 3.05) is 11.9 Å². The molecule has 2 aromatic heterocycles. The van der Waals surface area contributed by atoms with Gasteiger partial charge in [0.25, 0.3) is 12.3 Å². The first-order valence-electron chi connectivity index (χ1n) is 10.1. The average Bonchev–Trinajstić information content (AvgIpc) is 3.57. The number of carbonyl (C=O) groups is 2. The van der Waals surface area contributed by atoms with E-state index in [-0.39, 0.29) is 29.3 Å². The van der Waals surface area contributed by atoms with E-state index in [0.29, 0.717) is 23.2 Å². The van der Waals surface area contributed by atoms with Crippen molar-refractivity contribution in [3.8, 4) is 5.88 Å². The number of amides is 2. The molecule has 3 rings (SSSR count). The minimum absolute atomic E-state index is 0.00526. The van der Waals surface area contributed by atoms with Crippen LogP contribution in [0.15, 0.2) is 18.3 Å². The Labute approximate surface area is 178 Å². The predicted octanol–water partition coefficient (Wildman–Crippen LogP) is 3.23. The third kappa shape index (κ3) is 6.16. The van der Waals surface area contributed by atoms with E-state index in [1.54, 1.807) is 19.9 Å². The molecule has 0 bridgehead atoms. The van der Waals surface area contributed by atoms with E-state index in [9.17, 15) is 18.4 Å². The number of nitrogens with zero attached hydrogens (tertiary/aromatic N) is 3. The van der Waals surface area contributed by atoms with Crippen LogP contribution >= 0.6 is 0 Å². The van der Waals surface area contributed by atoms with Crippen molar-refractivity contribution in [2.45, 2.75) is 52.5 Å². The quantitative estimate of drug-likeness (QED) is 0.629. The Morgan fingerprint density at radius 3 is 2.65 bits per heavy atom. The number of aryl methyl sites for hydroxylation is 2. The second-order valence-corrected chi connectivity index (χ2v) is 7.47. The van der Waals surface area contributed by atoms with Crippen LogP contribution < -0.4 is 15.4 Å². The standard InChI is InChI=1S/C21H25F2N5O3/c1-4-13-8-15(9-24-20(13)31-10-17(22)23)12(3)26-19(30)16-7-11(2)25-21(27-16)28-18(29)14-5-6-14/h7-9,12,14,17H,4-6,10H2,1-3H3,(H,26,30)(H,25,27,28,29). The van der Waals surface area contributed by atoms with Crippen LogP contribution in [0, 0.1) is 12.8 Å². The Bertz CT molecular complexity index is 966. The number of anilines is 1. The molecule has 1 unspecified atom stereocenters. The van der Waals surface area contributed by atoms with Gasteiger partial charge in [-0.05, 0) is 50.8 Å². The summed E-state index contributed by atoms with van der Waals surface area (Å²) in [6.45, 7) is 4.63. The number of hydrogen-bond acceptors (Lipinski definition) is 6. The molecule has 1 aliphatic rings. The first-order chi connectivity index (χ1) is 14.8. The maximum atomic E-state index is 12.7. The molecular formula is C21H25F2N5O3. The van der Waals surface area contributed by atoms with Crippen LogP contribution in [0.1, 0.15) is 60.0 Å². The van der Waals surface area contributed by atoms with E-state index in [1.165, 1.54) is 12.3 Å². The summed E-state index contributed by atoms with van der Waals surface area (Å²) in [6, 6.07) is 2.88. The Kier molecular flexibility index (Phi) is 7.09. The van der Waals surface area contributed by atoms with Gasteiger partial charge in [0.05, 0.1) is 6.04 Å². The molecule has 8 nitrogen and oxygen atoms in total. The molecule has 2 amide bonds. The van der Waals surface area contributed by atoms with Gasteiger partial charge in [-0.15, -0.1) is 0 Å². The molecule has 2 heterocycles. The predicted molar refractivity (Wildman–Crippen MR) is 109 cm³/mol. The molecular weight excluding hydrogens is 408 g/mol. The van der Waals surface area contributed by atoms with Gasteiger partial charge in [0, 0.05) is 23.4 Å². The first kappa shape index (κ1) is 22.5. The van der Waals surface area contributed by atoms with Gasteiger partial charge in [0.2, 0.25) is 17.7 Å². The molecule has 166 valence electrons. The molecule has 1 fully saturated rings. The maximum absolute atomic E-state index is 12.7. The van der Waals surface area contributed by atoms with Crippen molar-refractivity contribution in [3.63, 3.8) is 0 Å². The molecule has 0 radical (unpaired) electrons. The van der Waals surface area contributed by atoms with Crippen LogP contribution in [0.5, 0.6) is 5.88 Å². The van der Waals surface area contributed by atoms with Crippen molar-refractivity contribution in [1.29, 1.82) is 0 Å². The summed E-state index contributed by atoms with van der Waals surface area (Å²) in [5.41, 5.74) is 2.05. The van der Waals surface area contributed by atoms with Crippen molar-refractivity contribution in [1.82, 2.24) is 20.3 Å². The number of pyridine rings is 1. The van der Waals surface area contributed by atoms with Gasteiger partial charge in [-0.1, -0.05) is 6.92 Å². The van der Waals surface area contributed by atoms with E-state index in [1.807, 2.05) is 6.92 Å². The number of carbonyl (C=O) groups excluding carboxylic acids is 2. The first-order valence-corrected chi connectivity index (χ1v) is 10.1. The summed E-state index contributed by atoms with van der Waals surface area (Å²) in [7, 11) is 0. The Hall–Kier alpha value is -3.17. The molecule has 0 spiro atoms. The van der Waals surface area contributed by atoms with Crippen molar-refractivity contribution >= 4 is 17.8 Å². The van der Waals surface area contributed by atoms with Crippen molar-refractivity contribution in [2.24, 2.45) is 5.92 Å². The second-order valence-electron chi connectivity index (χ2n) is 7.47. The number of nitrogens with one attached hydrogen (secondary N) is 2. The zero-order valence-corrected chi connectivity index (χ0v) is 17.6. The van der Waals surface area contributed by atoms with Crippen LogP contribution in [0.3, 0.4) is 0 Å². The van der Waals surface area contributed by atoms with Gasteiger partial charge in [-0.25, -0.2) is 23.7 Å². The molecule has 1 aliphatic carbocycles. The van der Waals surface area contributed by atoms with Crippen LogP contribution in [0.25, 0.3) is 0 Å². The minimum atomic E-state index is -2.58. The SMILES string of the molecule is CCc1cc(C(C)NC(=O)c2cc(C)nc(NC(=O)C3CC3)n2)cnc1OCC(F)F. The second kappa shape index (κ2) is 9.76. The van der Waals surface area contributed by atoms with Gasteiger partial charge in [-0.3, -0.25) is 14.9 Å². The van der Waals surface area contributed by atoms with E-state index < -0.39 is 25.0 Å². The van der Waals surface area contributed by atoms with E-state index >= 15 is 0 Å². The molecule has 2 N–H and O–H groups in total. The lowest BCUT2D eigenvalue weighted by Crippen LogP contribution is -2.28. The Balaban J connectivity index is 1.69. The highest BCUT2D eigenvalue weighted by Gasteiger charge is 2.30. The average molecular weight is 433 g/mol. The summed E-state index contributed by atoms with van der Waals surface area (Å²) in [5.74, 6) is -0.319. The van der Waals surface area contributed by atoms with E-state index in [4.69, 9.17) is 4.74 Å². The summed E-state index contributed by atoms with van der Waals surface area (Å²) in [4.78, 5) is 37.1. The Morgan fingerprint density at radius 2 is 2.00 bits per heavy atom. The fourth-order valence-electron chi connectivity index (χ4n) is 2.93. The van der Waals surface area contributed by atoms with Gasteiger partial charge in [0.1, 0.15) is 5.69 Å². The smallest absolute Gasteiger partial charge is 0.272 e. The number of ether oxygens (including phenoxy) is 1. The lowest BCUT2D eigenvalue weighted by Gasteiger charge is -2.17. The highest BCUT2D eigenvalue weighted by atomic mass is 19.3. The highest BCUT2D eigenvalue weighted by molar-refractivity contribution is 5.95. The van der Waals surface area contributed by atoms with Crippen LogP contribution in [-0.2, 0) is 11.2 Å². The lowest BCUT2D eigenvalue weighted by atomic mass is 10.1. The van der Waals surface area contributed by atoms with Crippen LogP contribution in [0.2, 0.25) is 0 Å². The fourth-order valence-corrected chi connectivity index (χ4v) is 2.93. The molecule has 2 aromatic rings. The van der Waals surface area contributed by atoms with Gasteiger partial charge in [0.15, 0.2) is 6.61 Å². The van der Waals surface area contributed by atoms with Crippen molar-refractivity contribution < 1.29 is 23.1 Å². The molecule has 0 aliphatic heterocycles. The monoisotopic (exact) mass is 433 g/mol. The lowest BCUT2D eigenvalue weighted by molar-refractivity contribution is -0.117. The summed E-state index contributed by atoms with van der Waals surface area (Å²) >= 11 is 0. The Morgan fingerprint density at radius 1 is 1.26 bits per heavy atom. The van der Waals surface area contributed by atoms with Gasteiger partial charge in [-0.2, -0.15) is 0 Å². The fraction of sp³-hybridized carbons (Fsp3) is 0.476. The highest BCUT2D eigenvalue weighted by Crippen LogP contribution is 2.29. The van der Waals surface area contributed by atoms with Crippen LogP contribution in [-0.4, -0.2) is 39.8 Å². The zero-order valence-electron chi connectivity index (χ0n) is 17.6. The number of hydrogen-bond donors (Lipinski definition) is 2. The van der Waals surface area contributed by atoms with E-state index in [2.05, 4.69) is 25.6 Å². The molecule has 31 heavy (non-hydrogen) atoms. The summed E-state index contributed by atoms with van der Waals surface area (Å²) in [6.07, 6.45) is 1.14. The maximum Gasteiger partial charge on any atom is 0.272 e. The number of rotatable bonds is 9. The third-order valence-electron chi connectivity index (χ3n) is 4.79. The molecule has 10 heteroatoms. The van der Waals surface area contributed by atoms with Gasteiger partial charge >= 0.3 is 0 Å². The van der Waals surface area contributed by atoms with Crippen molar-refractivity contribution in [3.05, 3.63) is 40.8 Å². The van der Waals surface area contributed by atoms with E-state index in [0.717, 1.165) is 12.8 Å². The molecule has 1 saturated carbocycles. The third-order valence-corrected chi connectivity index (χ3v) is 4.79. The molecule has 0 saturated heterocycles. The number of halogens is 2. The topological polar surface area (TPSA) is 106 Å². The molecule has 0 aromatic carbocycles. The normalized spacial score (nSPS) is 14.3.